The third-order valence-electron chi connectivity index (χ3n) is 4.04. The smallest absolute Gasteiger partial charge is 0.319 e. The molecule has 8 heteroatoms. The van der Waals surface area contributed by atoms with Crippen LogP contribution in [0.25, 0.3) is 0 Å². The first-order valence-corrected chi connectivity index (χ1v) is 8.89. The summed E-state index contributed by atoms with van der Waals surface area (Å²) in [7, 11) is 0. The summed E-state index contributed by atoms with van der Waals surface area (Å²) in [6.45, 7) is 5.91. The number of carbonyl (C=O) groups is 2. The molecule has 0 aliphatic heterocycles. The van der Waals surface area contributed by atoms with E-state index in [1.165, 1.54) is 0 Å². The van der Waals surface area contributed by atoms with Crippen LogP contribution in [0.15, 0.2) is 51.6 Å². The molecule has 0 radical (unpaired) electrons. The summed E-state index contributed by atoms with van der Waals surface area (Å²) >= 11 is 0. The van der Waals surface area contributed by atoms with Gasteiger partial charge in [0.25, 0.3) is 5.91 Å². The second-order valence-electron chi connectivity index (χ2n) is 6.58. The van der Waals surface area contributed by atoms with E-state index >= 15 is 0 Å². The maximum atomic E-state index is 12.6. The molecule has 0 saturated carbocycles. The number of hydrogen-bond acceptors (Lipinski definition) is 5. The number of anilines is 2. The zero-order chi connectivity index (χ0) is 20.1. The number of rotatable bonds is 6. The molecule has 2 heterocycles. The largest absolute Gasteiger partial charge is 0.467 e. The fourth-order valence-electron chi connectivity index (χ4n) is 2.64. The second-order valence-corrected chi connectivity index (χ2v) is 6.58. The lowest BCUT2D eigenvalue weighted by molar-refractivity contribution is 0.102. The maximum Gasteiger partial charge on any atom is 0.319 e. The summed E-state index contributed by atoms with van der Waals surface area (Å²) in [6, 6.07) is 10.00. The van der Waals surface area contributed by atoms with E-state index in [1.807, 2.05) is 13.8 Å². The number of hydrogen-bond donors (Lipinski definition) is 3. The van der Waals surface area contributed by atoms with Gasteiger partial charge in [0.1, 0.15) is 11.3 Å². The summed E-state index contributed by atoms with van der Waals surface area (Å²) in [4.78, 5) is 24.5. The highest BCUT2D eigenvalue weighted by molar-refractivity contribution is 6.06. The van der Waals surface area contributed by atoms with Gasteiger partial charge in [0, 0.05) is 17.3 Å². The molecular weight excluding hydrogens is 360 g/mol. The number of aryl methyl sites for hydroxylation is 1. The van der Waals surface area contributed by atoms with E-state index in [1.54, 1.807) is 49.6 Å². The molecule has 0 saturated heterocycles. The second kappa shape index (κ2) is 8.43. The minimum absolute atomic E-state index is 0.0493. The lowest BCUT2D eigenvalue weighted by atomic mass is 10.0. The first kappa shape index (κ1) is 19.2. The van der Waals surface area contributed by atoms with Crippen molar-refractivity contribution in [2.75, 3.05) is 10.6 Å². The van der Waals surface area contributed by atoms with Crippen LogP contribution in [0.3, 0.4) is 0 Å². The van der Waals surface area contributed by atoms with Gasteiger partial charge in [0.05, 0.1) is 18.5 Å². The minimum atomic E-state index is -0.352. The Hall–Kier alpha value is -3.55. The van der Waals surface area contributed by atoms with Crippen molar-refractivity contribution >= 4 is 23.3 Å². The maximum absolute atomic E-state index is 12.6. The zero-order valence-electron chi connectivity index (χ0n) is 15.9. The number of furan rings is 1. The molecule has 0 atom stereocenters. The zero-order valence-corrected chi connectivity index (χ0v) is 15.9. The Kier molecular flexibility index (Phi) is 5.78. The summed E-state index contributed by atoms with van der Waals surface area (Å²) < 4.78 is 10.4. The number of amides is 3. The molecule has 2 aromatic heterocycles. The van der Waals surface area contributed by atoms with Crippen LogP contribution in [0.2, 0.25) is 0 Å². The molecule has 28 heavy (non-hydrogen) atoms. The van der Waals surface area contributed by atoms with Crippen LogP contribution in [0, 0.1) is 6.92 Å². The van der Waals surface area contributed by atoms with E-state index in [-0.39, 0.29) is 17.9 Å². The molecule has 0 fully saturated rings. The molecule has 0 bridgehead atoms. The van der Waals surface area contributed by atoms with Gasteiger partial charge in [-0.2, -0.15) is 0 Å². The van der Waals surface area contributed by atoms with Crippen molar-refractivity contribution < 1.29 is 18.5 Å². The van der Waals surface area contributed by atoms with Gasteiger partial charge in [-0.3, -0.25) is 4.79 Å². The number of benzene rings is 1. The molecule has 3 N–H and O–H groups in total. The van der Waals surface area contributed by atoms with Crippen molar-refractivity contribution in [3.63, 3.8) is 0 Å². The summed E-state index contributed by atoms with van der Waals surface area (Å²) in [5, 5.41) is 12.1. The van der Waals surface area contributed by atoms with Gasteiger partial charge in [0.15, 0.2) is 5.76 Å². The highest BCUT2D eigenvalue weighted by Gasteiger charge is 2.22. The Morgan fingerprint density at radius 2 is 1.75 bits per heavy atom. The first-order chi connectivity index (χ1) is 13.4. The average Bonchev–Trinajstić information content (AvgIpc) is 3.31. The monoisotopic (exact) mass is 382 g/mol. The third-order valence-corrected chi connectivity index (χ3v) is 4.04. The molecule has 146 valence electrons. The quantitative estimate of drug-likeness (QED) is 0.590. The van der Waals surface area contributed by atoms with Crippen molar-refractivity contribution in [2.24, 2.45) is 0 Å². The van der Waals surface area contributed by atoms with Gasteiger partial charge < -0.3 is 24.9 Å². The molecule has 0 aliphatic carbocycles. The summed E-state index contributed by atoms with van der Waals surface area (Å²) in [6.07, 6.45) is 1.55. The topological polar surface area (TPSA) is 109 Å². The standard InChI is InChI=1S/C20H22N4O4/c1-12(2)18-17(13(3)24-28-18)19(25)22-14-6-8-15(9-7-14)23-20(26)21-11-16-5-4-10-27-16/h4-10,12H,11H2,1-3H3,(H,22,25)(H2,21,23,26). The Labute approximate surface area is 162 Å². The van der Waals surface area contributed by atoms with Crippen LogP contribution in [-0.2, 0) is 6.54 Å². The Morgan fingerprint density at radius 1 is 1.07 bits per heavy atom. The normalized spacial score (nSPS) is 10.7. The van der Waals surface area contributed by atoms with Crippen LogP contribution < -0.4 is 16.0 Å². The summed E-state index contributed by atoms with van der Waals surface area (Å²) in [5.41, 5.74) is 2.20. The fraction of sp³-hybridized carbons (Fsp3) is 0.250. The van der Waals surface area contributed by atoms with E-state index in [0.29, 0.717) is 40.7 Å². The van der Waals surface area contributed by atoms with Crippen molar-refractivity contribution in [3.05, 3.63) is 65.4 Å². The van der Waals surface area contributed by atoms with Crippen molar-refractivity contribution in [1.29, 1.82) is 0 Å². The molecule has 3 amide bonds. The average molecular weight is 382 g/mol. The van der Waals surface area contributed by atoms with Crippen LogP contribution in [0.4, 0.5) is 16.2 Å². The van der Waals surface area contributed by atoms with Gasteiger partial charge in [0.2, 0.25) is 0 Å². The predicted molar refractivity (Wildman–Crippen MR) is 104 cm³/mol. The van der Waals surface area contributed by atoms with Gasteiger partial charge in [-0.15, -0.1) is 0 Å². The van der Waals surface area contributed by atoms with Crippen LogP contribution in [0.1, 0.15) is 47.3 Å². The lowest BCUT2D eigenvalue weighted by Gasteiger charge is -2.09. The van der Waals surface area contributed by atoms with Gasteiger partial charge in [-0.05, 0) is 43.3 Å². The van der Waals surface area contributed by atoms with E-state index < -0.39 is 0 Å². The Bertz CT molecular complexity index is 943. The SMILES string of the molecule is Cc1noc(C(C)C)c1C(=O)Nc1ccc(NC(=O)NCc2ccco2)cc1. The number of nitrogens with one attached hydrogen (secondary N) is 3. The highest BCUT2D eigenvalue weighted by Crippen LogP contribution is 2.23. The molecule has 1 aromatic carbocycles. The minimum Gasteiger partial charge on any atom is -0.467 e. The third kappa shape index (κ3) is 4.59. The summed E-state index contributed by atoms with van der Waals surface area (Å²) in [5.74, 6) is 0.993. The lowest BCUT2D eigenvalue weighted by Crippen LogP contribution is -2.27. The fourth-order valence-corrected chi connectivity index (χ4v) is 2.64. The predicted octanol–water partition coefficient (Wildman–Crippen LogP) is 4.27. The van der Waals surface area contributed by atoms with E-state index in [0.717, 1.165) is 0 Å². The number of carbonyl (C=O) groups excluding carboxylic acids is 2. The van der Waals surface area contributed by atoms with Crippen LogP contribution in [-0.4, -0.2) is 17.1 Å². The van der Waals surface area contributed by atoms with Crippen molar-refractivity contribution in [1.82, 2.24) is 10.5 Å². The van der Waals surface area contributed by atoms with E-state index in [4.69, 9.17) is 8.94 Å². The molecule has 3 rings (SSSR count). The highest BCUT2D eigenvalue weighted by atomic mass is 16.5. The number of nitrogens with zero attached hydrogens (tertiary/aromatic N) is 1. The Morgan fingerprint density at radius 3 is 2.36 bits per heavy atom. The van der Waals surface area contributed by atoms with Gasteiger partial charge >= 0.3 is 6.03 Å². The number of urea groups is 1. The Balaban J connectivity index is 1.58. The van der Waals surface area contributed by atoms with E-state index in [2.05, 4.69) is 21.1 Å². The van der Waals surface area contributed by atoms with Gasteiger partial charge in [-0.1, -0.05) is 19.0 Å². The molecule has 0 unspecified atom stereocenters. The van der Waals surface area contributed by atoms with Crippen molar-refractivity contribution in [3.8, 4) is 0 Å². The van der Waals surface area contributed by atoms with Crippen molar-refractivity contribution in [2.45, 2.75) is 33.2 Å². The molecular formula is C20H22N4O4. The molecule has 0 aliphatic rings. The first-order valence-electron chi connectivity index (χ1n) is 8.89. The van der Waals surface area contributed by atoms with Crippen LogP contribution in [0.5, 0.6) is 0 Å². The number of aromatic nitrogens is 1. The molecule has 0 spiro atoms. The van der Waals surface area contributed by atoms with E-state index in [9.17, 15) is 9.59 Å². The molecule has 3 aromatic rings. The molecule has 8 nitrogen and oxygen atoms in total. The van der Waals surface area contributed by atoms with Crippen LogP contribution >= 0.6 is 0 Å². The van der Waals surface area contributed by atoms with Gasteiger partial charge in [-0.25, -0.2) is 4.79 Å².